The van der Waals surface area contributed by atoms with Gasteiger partial charge < -0.3 is 15.8 Å². The molecule has 4 nitrogen and oxygen atoms in total. The highest BCUT2D eigenvalue weighted by atomic mass is 35.5. The second-order valence-corrected chi connectivity index (χ2v) is 5.11. The lowest BCUT2D eigenvalue weighted by Crippen LogP contribution is -2.37. The van der Waals surface area contributed by atoms with Gasteiger partial charge in [0.2, 0.25) is 5.91 Å². The molecule has 1 amide bonds. The van der Waals surface area contributed by atoms with E-state index in [1.54, 1.807) is 0 Å². The third-order valence-corrected chi connectivity index (χ3v) is 2.72. The van der Waals surface area contributed by atoms with E-state index in [9.17, 15) is 4.79 Å². The lowest BCUT2D eigenvalue weighted by atomic mass is 10.2. The lowest BCUT2D eigenvalue weighted by molar-refractivity contribution is -0.122. The molecule has 2 atom stereocenters. The van der Waals surface area contributed by atoms with E-state index in [-0.39, 0.29) is 30.4 Å². The Morgan fingerprint density at radius 2 is 2.10 bits per heavy atom. The van der Waals surface area contributed by atoms with Gasteiger partial charge in [0.1, 0.15) is 12.4 Å². The van der Waals surface area contributed by atoms with Crippen molar-refractivity contribution < 1.29 is 9.53 Å². The van der Waals surface area contributed by atoms with Gasteiger partial charge in [0.05, 0.1) is 6.04 Å². The van der Waals surface area contributed by atoms with Crippen molar-refractivity contribution in [1.82, 2.24) is 5.32 Å². The van der Waals surface area contributed by atoms with Gasteiger partial charge in [0.25, 0.3) is 0 Å². The number of amides is 1. The summed E-state index contributed by atoms with van der Waals surface area (Å²) in [5.41, 5.74) is 6.77. The van der Waals surface area contributed by atoms with E-state index in [2.05, 4.69) is 5.32 Å². The number of hydrogen-bond donors (Lipinski definition) is 2. The Balaban J connectivity index is 0.00000361. The molecule has 0 bridgehead atoms. The van der Waals surface area contributed by atoms with Crippen LogP contribution in [0, 0.1) is 6.92 Å². The van der Waals surface area contributed by atoms with Crippen LogP contribution >= 0.6 is 12.4 Å². The van der Waals surface area contributed by atoms with Crippen LogP contribution in [-0.4, -0.2) is 24.6 Å². The number of nitrogens with one attached hydrogen (secondary N) is 1. The van der Waals surface area contributed by atoms with Crippen LogP contribution in [0.4, 0.5) is 0 Å². The number of nitrogens with two attached hydrogens (primary N) is 1. The third-order valence-electron chi connectivity index (χ3n) is 2.72. The van der Waals surface area contributed by atoms with Crippen molar-refractivity contribution >= 4 is 18.3 Å². The minimum absolute atomic E-state index is 0. The van der Waals surface area contributed by atoms with E-state index in [0.717, 1.165) is 11.3 Å². The summed E-state index contributed by atoms with van der Waals surface area (Å²) in [7, 11) is 0. The van der Waals surface area contributed by atoms with E-state index in [1.165, 1.54) is 0 Å². The van der Waals surface area contributed by atoms with Gasteiger partial charge in [-0.05, 0) is 44.9 Å². The molecule has 0 saturated carbocycles. The molecule has 0 heterocycles. The van der Waals surface area contributed by atoms with Crippen molar-refractivity contribution in [2.24, 2.45) is 5.73 Å². The number of benzene rings is 1. The molecule has 20 heavy (non-hydrogen) atoms. The van der Waals surface area contributed by atoms with E-state index in [1.807, 2.05) is 45.0 Å². The number of aryl methyl sites for hydroxylation is 1. The minimum atomic E-state index is -0.0129. The Morgan fingerprint density at radius 3 is 2.70 bits per heavy atom. The smallest absolute Gasteiger partial charge is 0.220 e. The van der Waals surface area contributed by atoms with Crippen molar-refractivity contribution in [3.63, 3.8) is 0 Å². The summed E-state index contributed by atoms with van der Waals surface area (Å²) < 4.78 is 5.64. The van der Waals surface area contributed by atoms with Crippen molar-refractivity contribution in [3.05, 3.63) is 29.8 Å². The second-order valence-electron chi connectivity index (χ2n) is 5.11. The van der Waals surface area contributed by atoms with Crippen LogP contribution in [0.1, 0.15) is 32.3 Å². The van der Waals surface area contributed by atoms with Crippen LogP contribution in [0.5, 0.6) is 5.75 Å². The maximum atomic E-state index is 11.6. The molecule has 0 aliphatic carbocycles. The standard InChI is InChI=1S/C15H24N2O2.ClH/c1-11-5-4-6-14(9-11)19-10-13(3)17-15(18)8-7-12(2)16;/h4-6,9,12-13H,7-8,10,16H2,1-3H3,(H,17,18);1H. The summed E-state index contributed by atoms with van der Waals surface area (Å²) in [5, 5.41) is 2.90. The first-order valence-electron chi connectivity index (χ1n) is 6.72. The molecule has 1 aromatic rings. The maximum absolute atomic E-state index is 11.6. The van der Waals surface area contributed by atoms with Crippen molar-refractivity contribution in [2.75, 3.05) is 6.61 Å². The molecule has 0 aliphatic heterocycles. The summed E-state index contributed by atoms with van der Waals surface area (Å²) in [6.45, 7) is 6.32. The Bertz CT molecular complexity index is 411. The maximum Gasteiger partial charge on any atom is 0.220 e. The average Bonchev–Trinajstić information content (AvgIpc) is 2.34. The van der Waals surface area contributed by atoms with Crippen LogP contribution in [-0.2, 0) is 4.79 Å². The lowest BCUT2D eigenvalue weighted by Gasteiger charge is -2.15. The number of rotatable bonds is 7. The number of carbonyl (C=O) groups excluding carboxylic acids is 1. The van der Waals surface area contributed by atoms with Crippen LogP contribution in [0.25, 0.3) is 0 Å². The summed E-state index contributed by atoms with van der Waals surface area (Å²) in [6.07, 6.45) is 1.17. The van der Waals surface area contributed by atoms with Gasteiger partial charge in [-0.25, -0.2) is 0 Å². The van der Waals surface area contributed by atoms with Crippen LogP contribution in [0.15, 0.2) is 24.3 Å². The molecular formula is C15H25ClN2O2. The molecule has 0 aromatic heterocycles. The Kier molecular flexibility index (Phi) is 9.01. The van der Waals surface area contributed by atoms with E-state index >= 15 is 0 Å². The zero-order valence-electron chi connectivity index (χ0n) is 12.4. The Morgan fingerprint density at radius 1 is 1.40 bits per heavy atom. The molecule has 1 aromatic carbocycles. The van der Waals surface area contributed by atoms with Gasteiger partial charge in [0.15, 0.2) is 0 Å². The first-order chi connectivity index (χ1) is 8.97. The predicted molar refractivity (Wildman–Crippen MR) is 84.4 cm³/mol. The SMILES string of the molecule is Cc1cccc(OCC(C)NC(=O)CCC(C)N)c1.Cl. The topological polar surface area (TPSA) is 64.3 Å². The second kappa shape index (κ2) is 9.61. The van der Waals surface area contributed by atoms with Crippen LogP contribution < -0.4 is 15.8 Å². The largest absolute Gasteiger partial charge is 0.491 e. The van der Waals surface area contributed by atoms with E-state index in [0.29, 0.717) is 19.4 Å². The molecule has 0 spiro atoms. The first-order valence-corrected chi connectivity index (χ1v) is 6.72. The first kappa shape index (κ1) is 18.7. The van der Waals surface area contributed by atoms with Crippen molar-refractivity contribution in [3.8, 4) is 5.75 Å². The Hall–Kier alpha value is -1.26. The molecule has 114 valence electrons. The summed E-state index contributed by atoms with van der Waals surface area (Å²) in [6, 6.07) is 7.91. The molecule has 1 rings (SSSR count). The van der Waals surface area contributed by atoms with Gasteiger partial charge in [-0.2, -0.15) is 0 Å². The van der Waals surface area contributed by atoms with E-state index in [4.69, 9.17) is 10.5 Å². The fourth-order valence-electron chi connectivity index (χ4n) is 1.67. The number of hydrogen-bond acceptors (Lipinski definition) is 3. The highest BCUT2D eigenvalue weighted by Crippen LogP contribution is 2.12. The zero-order valence-corrected chi connectivity index (χ0v) is 13.2. The fourth-order valence-corrected chi connectivity index (χ4v) is 1.67. The molecule has 0 aliphatic rings. The summed E-state index contributed by atoms with van der Waals surface area (Å²) in [4.78, 5) is 11.6. The van der Waals surface area contributed by atoms with Gasteiger partial charge in [-0.1, -0.05) is 12.1 Å². The van der Waals surface area contributed by atoms with Crippen molar-refractivity contribution in [2.45, 2.75) is 45.7 Å². The number of halogens is 1. The van der Waals surface area contributed by atoms with Crippen LogP contribution in [0.2, 0.25) is 0 Å². The van der Waals surface area contributed by atoms with Crippen molar-refractivity contribution in [1.29, 1.82) is 0 Å². The Labute approximate surface area is 127 Å². The summed E-state index contributed by atoms with van der Waals surface area (Å²) in [5.74, 6) is 0.856. The molecule has 0 fully saturated rings. The van der Waals surface area contributed by atoms with Gasteiger partial charge in [-0.3, -0.25) is 4.79 Å². The quantitative estimate of drug-likeness (QED) is 0.813. The molecule has 2 unspecified atom stereocenters. The van der Waals surface area contributed by atoms with E-state index < -0.39 is 0 Å². The molecule has 3 N–H and O–H groups in total. The number of ether oxygens (including phenoxy) is 1. The highest BCUT2D eigenvalue weighted by molar-refractivity contribution is 5.85. The zero-order chi connectivity index (χ0) is 14.3. The average molecular weight is 301 g/mol. The molecule has 0 radical (unpaired) electrons. The molecular weight excluding hydrogens is 276 g/mol. The molecule has 0 saturated heterocycles. The third kappa shape index (κ3) is 8.02. The van der Waals surface area contributed by atoms with Crippen LogP contribution in [0.3, 0.4) is 0 Å². The van der Waals surface area contributed by atoms with Gasteiger partial charge >= 0.3 is 0 Å². The highest BCUT2D eigenvalue weighted by Gasteiger charge is 2.08. The normalized spacial score (nSPS) is 13.0. The monoisotopic (exact) mass is 300 g/mol. The van der Waals surface area contributed by atoms with Gasteiger partial charge in [0, 0.05) is 12.5 Å². The van der Waals surface area contributed by atoms with Gasteiger partial charge in [-0.15, -0.1) is 12.4 Å². The fraction of sp³-hybridized carbons (Fsp3) is 0.533. The molecule has 5 heteroatoms. The minimum Gasteiger partial charge on any atom is -0.491 e. The summed E-state index contributed by atoms with van der Waals surface area (Å²) >= 11 is 0. The predicted octanol–water partition coefficient (Wildman–Crippen LogP) is 2.43. The number of carbonyl (C=O) groups is 1.